The number of benzene rings is 1. The molecule has 0 spiro atoms. The van der Waals surface area contributed by atoms with Gasteiger partial charge in [-0.2, -0.15) is 4.98 Å². The lowest BCUT2D eigenvalue weighted by molar-refractivity contribution is 0.0918. The van der Waals surface area contributed by atoms with Crippen molar-refractivity contribution >= 4 is 22.4 Å². The van der Waals surface area contributed by atoms with Crippen LogP contribution in [0.1, 0.15) is 78.7 Å². The summed E-state index contributed by atoms with van der Waals surface area (Å²) in [5.41, 5.74) is 8.61. The number of hydrogen-bond acceptors (Lipinski definition) is 8. The molecular weight excluding hydrogens is 484 g/mol. The van der Waals surface area contributed by atoms with E-state index in [2.05, 4.69) is 32.3 Å². The van der Waals surface area contributed by atoms with Crippen LogP contribution in [0.25, 0.3) is 11.4 Å². The molecule has 37 heavy (non-hydrogen) atoms. The first-order valence-electron chi connectivity index (χ1n) is 13.7. The van der Waals surface area contributed by atoms with E-state index in [9.17, 15) is 4.79 Å². The Hall–Kier alpha value is -2.78. The Morgan fingerprint density at radius 2 is 2.03 bits per heavy atom. The summed E-state index contributed by atoms with van der Waals surface area (Å²) >= 11 is 1.67. The van der Waals surface area contributed by atoms with Gasteiger partial charge < -0.3 is 20.5 Å². The zero-order valence-corrected chi connectivity index (χ0v) is 22.7. The van der Waals surface area contributed by atoms with Crippen LogP contribution in [-0.2, 0) is 12.8 Å². The summed E-state index contributed by atoms with van der Waals surface area (Å²) in [5, 5.41) is 7.94. The second kappa shape index (κ2) is 11.7. The van der Waals surface area contributed by atoms with Crippen molar-refractivity contribution in [1.29, 1.82) is 0 Å². The topological polar surface area (TPSA) is 110 Å². The summed E-state index contributed by atoms with van der Waals surface area (Å²) in [7, 11) is 0. The molecule has 0 saturated heterocycles. The van der Waals surface area contributed by atoms with Crippen molar-refractivity contribution < 1.29 is 9.32 Å². The highest BCUT2D eigenvalue weighted by Gasteiger charge is 2.28. The molecule has 2 aliphatic carbocycles. The second-order valence-electron chi connectivity index (χ2n) is 10.6. The van der Waals surface area contributed by atoms with Gasteiger partial charge in [0.1, 0.15) is 0 Å². The number of nitrogens with zero attached hydrogens (tertiary/aromatic N) is 4. The minimum Gasteiger partial charge on any atom is -0.375 e. The number of carbonyl (C=O) groups excluding carboxylic acids is 1. The fourth-order valence-electron chi connectivity index (χ4n) is 5.88. The molecule has 5 rings (SSSR count). The first-order valence-corrected chi connectivity index (χ1v) is 14.5. The van der Waals surface area contributed by atoms with E-state index in [1.165, 1.54) is 42.7 Å². The van der Waals surface area contributed by atoms with Crippen molar-refractivity contribution in [3.8, 4) is 11.4 Å². The molecule has 0 bridgehead atoms. The second-order valence-corrected chi connectivity index (χ2v) is 11.7. The number of anilines is 1. The monoisotopic (exact) mass is 522 g/mol. The maximum Gasteiger partial charge on any atom is 0.251 e. The highest BCUT2D eigenvalue weighted by molar-refractivity contribution is 7.15. The zero-order chi connectivity index (χ0) is 25.8. The summed E-state index contributed by atoms with van der Waals surface area (Å²) < 4.78 is 5.08. The Bertz CT molecular complexity index is 1200. The Kier molecular flexibility index (Phi) is 8.20. The number of rotatable bonds is 9. The maximum atomic E-state index is 12.9. The van der Waals surface area contributed by atoms with Crippen LogP contribution in [-0.4, -0.2) is 51.1 Å². The van der Waals surface area contributed by atoms with Crippen molar-refractivity contribution in [3.63, 3.8) is 0 Å². The number of nitrogen functional groups attached to an aromatic ring is 1. The van der Waals surface area contributed by atoms with Gasteiger partial charge in [-0.25, -0.2) is 4.98 Å². The molecule has 1 atom stereocenters. The SMILES string of the molecule is CCCN(CCC1CCC(NC(=O)c2cccc(-c3noc(C)n3)c2)CC1)C1CCc2nc(N)sc2C1. The van der Waals surface area contributed by atoms with Gasteiger partial charge in [-0.05, 0) is 88.9 Å². The standard InChI is InChI=1S/C28H38N6O2S/c1-3-14-34(23-11-12-24-25(17-23)37-28(29)32-24)15-13-19-7-9-22(10-8-19)31-27(35)21-6-4-5-20(16-21)26-30-18(2)36-33-26/h4-6,16,19,22-23H,3,7-15,17H2,1-2H3,(H2,29,32)(H,31,35). The molecular formula is C28H38N6O2S. The van der Waals surface area contributed by atoms with E-state index in [1.807, 2.05) is 24.3 Å². The number of aromatic nitrogens is 3. The fraction of sp³-hybridized carbons (Fsp3) is 0.571. The highest BCUT2D eigenvalue weighted by Crippen LogP contribution is 2.32. The Morgan fingerprint density at radius 1 is 1.19 bits per heavy atom. The third kappa shape index (κ3) is 6.38. The van der Waals surface area contributed by atoms with Gasteiger partial charge in [-0.3, -0.25) is 4.79 Å². The van der Waals surface area contributed by atoms with Crippen LogP contribution in [0.5, 0.6) is 0 Å². The summed E-state index contributed by atoms with van der Waals surface area (Å²) in [4.78, 5) is 25.8. The molecule has 2 aromatic heterocycles. The number of fused-ring (bicyclic) bond motifs is 1. The lowest BCUT2D eigenvalue weighted by atomic mass is 9.83. The molecule has 3 aromatic rings. The van der Waals surface area contributed by atoms with E-state index in [1.54, 1.807) is 18.3 Å². The van der Waals surface area contributed by atoms with Crippen molar-refractivity contribution in [2.24, 2.45) is 5.92 Å². The molecule has 2 heterocycles. The lowest BCUT2D eigenvalue weighted by Gasteiger charge is -2.36. The van der Waals surface area contributed by atoms with Gasteiger partial charge in [-0.15, -0.1) is 11.3 Å². The molecule has 1 fully saturated rings. The Balaban J connectivity index is 1.09. The largest absolute Gasteiger partial charge is 0.375 e. The van der Waals surface area contributed by atoms with Crippen LogP contribution in [0, 0.1) is 12.8 Å². The molecule has 1 amide bonds. The molecule has 1 saturated carbocycles. The normalized spacial score (nSPS) is 21.6. The number of nitrogens with two attached hydrogens (primary N) is 1. The first-order chi connectivity index (χ1) is 18.0. The van der Waals surface area contributed by atoms with Crippen LogP contribution in [0.3, 0.4) is 0 Å². The van der Waals surface area contributed by atoms with E-state index >= 15 is 0 Å². The summed E-state index contributed by atoms with van der Waals surface area (Å²) in [6.07, 6.45) is 10.2. The number of hydrogen-bond donors (Lipinski definition) is 2. The third-order valence-electron chi connectivity index (χ3n) is 7.87. The fourth-order valence-corrected chi connectivity index (χ4v) is 6.83. The van der Waals surface area contributed by atoms with Crippen molar-refractivity contribution in [2.45, 2.75) is 83.7 Å². The predicted molar refractivity (Wildman–Crippen MR) is 147 cm³/mol. The molecule has 198 valence electrons. The molecule has 1 aromatic carbocycles. The minimum absolute atomic E-state index is 0.0278. The van der Waals surface area contributed by atoms with E-state index in [0.29, 0.717) is 28.5 Å². The summed E-state index contributed by atoms with van der Waals surface area (Å²) in [5.74, 6) is 1.72. The minimum atomic E-state index is -0.0278. The van der Waals surface area contributed by atoms with Gasteiger partial charge >= 0.3 is 0 Å². The van der Waals surface area contributed by atoms with Gasteiger partial charge in [0.15, 0.2) is 5.13 Å². The average molecular weight is 523 g/mol. The van der Waals surface area contributed by atoms with E-state index < -0.39 is 0 Å². The van der Waals surface area contributed by atoms with Gasteiger partial charge in [-0.1, -0.05) is 24.2 Å². The molecule has 0 radical (unpaired) electrons. The van der Waals surface area contributed by atoms with Crippen LogP contribution in [0.4, 0.5) is 5.13 Å². The van der Waals surface area contributed by atoms with E-state index in [4.69, 9.17) is 10.3 Å². The van der Waals surface area contributed by atoms with Gasteiger partial charge in [0.2, 0.25) is 11.7 Å². The summed E-state index contributed by atoms with van der Waals surface area (Å²) in [6, 6.07) is 8.28. The van der Waals surface area contributed by atoms with Crippen LogP contribution in [0.15, 0.2) is 28.8 Å². The number of thiazole rings is 1. The zero-order valence-electron chi connectivity index (χ0n) is 21.9. The summed E-state index contributed by atoms with van der Waals surface area (Å²) in [6.45, 7) is 6.35. The average Bonchev–Trinajstić information content (AvgIpc) is 3.51. The smallest absolute Gasteiger partial charge is 0.251 e. The molecule has 2 aliphatic rings. The molecule has 3 N–H and O–H groups in total. The van der Waals surface area contributed by atoms with Crippen LogP contribution < -0.4 is 11.1 Å². The number of aryl methyl sites for hydroxylation is 2. The molecule has 9 heteroatoms. The number of amides is 1. The Labute approximate surface area is 223 Å². The molecule has 8 nitrogen and oxygen atoms in total. The number of carbonyl (C=O) groups is 1. The van der Waals surface area contributed by atoms with Crippen molar-refractivity contribution in [1.82, 2.24) is 25.3 Å². The maximum absolute atomic E-state index is 12.9. The first kappa shape index (κ1) is 25.9. The van der Waals surface area contributed by atoms with Crippen molar-refractivity contribution in [3.05, 3.63) is 46.3 Å². The van der Waals surface area contributed by atoms with Gasteiger partial charge in [0.05, 0.1) is 5.69 Å². The van der Waals surface area contributed by atoms with E-state index in [0.717, 1.165) is 50.3 Å². The van der Waals surface area contributed by atoms with Crippen molar-refractivity contribution in [2.75, 3.05) is 18.8 Å². The predicted octanol–water partition coefficient (Wildman–Crippen LogP) is 5.03. The molecule has 0 aliphatic heterocycles. The molecule has 1 unspecified atom stereocenters. The van der Waals surface area contributed by atoms with Gasteiger partial charge in [0, 0.05) is 35.0 Å². The lowest BCUT2D eigenvalue weighted by Crippen LogP contribution is -2.41. The highest BCUT2D eigenvalue weighted by atomic mass is 32.1. The van der Waals surface area contributed by atoms with Crippen LogP contribution in [0.2, 0.25) is 0 Å². The number of nitrogens with one attached hydrogen (secondary N) is 1. The Morgan fingerprint density at radius 3 is 2.78 bits per heavy atom. The van der Waals surface area contributed by atoms with E-state index in [-0.39, 0.29) is 11.9 Å². The quantitative estimate of drug-likeness (QED) is 0.405. The van der Waals surface area contributed by atoms with Crippen LogP contribution >= 0.6 is 11.3 Å². The third-order valence-corrected chi connectivity index (χ3v) is 8.82. The van der Waals surface area contributed by atoms with Gasteiger partial charge in [0.25, 0.3) is 5.91 Å².